The second-order valence-corrected chi connectivity index (χ2v) is 9.53. The number of rotatable bonds is 7. The lowest BCUT2D eigenvalue weighted by molar-refractivity contribution is -0.384. The molecule has 2 N–H and O–H groups in total. The number of halogens is 4. The molecule has 2 heterocycles. The first-order valence-electron chi connectivity index (χ1n) is 12.2. The zero-order valence-electron chi connectivity index (χ0n) is 21.1. The van der Waals surface area contributed by atoms with Gasteiger partial charge < -0.3 is 19.9 Å². The SMILES string of the molecule is CC(C(=O)O)[C@@H]1COc2cc(N(C(=O)C(F)(F)F)C3COc4c(Nc5cc(F)ccc5[N+](=O)[O-])cccc43)ccc21. The number of nitro groups is 1. The van der Waals surface area contributed by atoms with Crippen LogP contribution in [0, 0.1) is 21.8 Å². The van der Waals surface area contributed by atoms with Crippen LogP contribution in [0.4, 0.5) is 40.3 Å². The van der Waals surface area contributed by atoms with E-state index in [-0.39, 0.29) is 40.7 Å². The van der Waals surface area contributed by atoms with Gasteiger partial charge in [0.25, 0.3) is 5.69 Å². The van der Waals surface area contributed by atoms with Crippen molar-refractivity contribution in [1.29, 1.82) is 0 Å². The first-order chi connectivity index (χ1) is 19.4. The monoisotopic (exact) mass is 575 g/mol. The zero-order valence-corrected chi connectivity index (χ0v) is 21.1. The summed E-state index contributed by atoms with van der Waals surface area (Å²) in [5.74, 6) is -5.14. The third kappa shape index (κ3) is 5.08. The Balaban J connectivity index is 1.54. The highest BCUT2D eigenvalue weighted by Gasteiger charge is 2.48. The number of alkyl halides is 3. The Morgan fingerprint density at radius 3 is 2.51 bits per heavy atom. The van der Waals surface area contributed by atoms with Gasteiger partial charge >= 0.3 is 18.1 Å². The zero-order chi connectivity index (χ0) is 29.6. The number of aliphatic carboxylic acids is 1. The van der Waals surface area contributed by atoms with Crippen LogP contribution in [0.5, 0.6) is 11.5 Å². The molecule has 0 spiro atoms. The van der Waals surface area contributed by atoms with Gasteiger partial charge in [0.2, 0.25) is 0 Å². The van der Waals surface area contributed by atoms with Crippen molar-refractivity contribution in [2.75, 3.05) is 23.4 Å². The first-order valence-corrected chi connectivity index (χ1v) is 12.2. The third-order valence-electron chi connectivity index (χ3n) is 7.07. The van der Waals surface area contributed by atoms with Crippen molar-refractivity contribution in [3.05, 3.63) is 81.7 Å². The molecule has 0 saturated heterocycles. The number of ether oxygens (including phenoxy) is 2. The topological polar surface area (TPSA) is 131 Å². The Morgan fingerprint density at radius 2 is 1.83 bits per heavy atom. The third-order valence-corrected chi connectivity index (χ3v) is 7.07. The lowest BCUT2D eigenvalue weighted by atomic mass is 9.89. The van der Waals surface area contributed by atoms with Crippen molar-refractivity contribution in [3.63, 3.8) is 0 Å². The van der Waals surface area contributed by atoms with Gasteiger partial charge in [0.05, 0.1) is 29.2 Å². The number of nitrogens with one attached hydrogen (secondary N) is 1. The van der Waals surface area contributed by atoms with Gasteiger partial charge in [0, 0.05) is 40.9 Å². The molecule has 0 aromatic heterocycles. The highest BCUT2D eigenvalue weighted by atomic mass is 19.4. The maximum atomic E-state index is 13.9. The fourth-order valence-electron chi connectivity index (χ4n) is 4.99. The Kier molecular flexibility index (Phi) is 6.93. The lowest BCUT2D eigenvalue weighted by Crippen LogP contribution is -2.44. The van der Waals surface area contributed by atoms with Gasteiger partial charge in [-0.25, -0.2) is 4.39 Å². The Labute approximate surface area is 229 Å². The van der Waals surface area contributed by atoms with Gasteiger partial charge in [-0.2, -0.15) is 13.2 Å². The van der Waals surface area contributed by atoms with Crippen molar-refractivity contribution in [2.24, 2.45) is 5.92 Å². The van der Waals surface area contributed by atoms with Crippen LogP contribution in [-0.2, 0) is 9.59 Å². The second kappa shape index (κ2) is 10.3. The van der Waals surface area contributed by atoms with Gasteiger partial charge in [0.1, 0.15) is 29.6 Å². The minimum absolute atomic E-state index is 0.0100. The maximum absolute atomic E-state index is 13.9. The predicted molar refractivity (Wildman–Crippen MR) is 136 cm³/mol. The van der Waals surface area contributed by atoms with Crippen LogP contribution >= 0.6 is 0 Å². The number of amides is 1. The van der Waals surface area contributed by atoms with Crippen molar-refractivity contribution in [3.8, 4) is 11.5 Å². The molecule has 1 amide bonds. The van der Waals surface area contributed by atoms with E-state index in [0.29, 0.717) is 10.5 Å². The maximum Gasteiger partial charge on any atom is 0.471 e. The minimum atomic E-state index is -5.26. The Bertz CT molecular complexity index is 1560. The van der Waals surface area contributed by atoms with Crippen molar-refractivity contribution < 1.29 is 46.7 Å². The number of hydrogen-bond donors (Lipinski definition) is 2. The summed E-state index contributed by atoms with van der Waals surface area (Å²) in [4.78, 5) is 35.4. The number of carboxylic acid groups (broad SMARTS) is 1. The van der Waals surface area contributed by atoms with Crippen LogP contribution in [0.15, 0.2) is 54.6 Å². The van der Waals surface area contributed by atoms with Gasteiger partial charge in [-0.15, -0.1) is 0 Å². The number of hydrogen-bond acceptors (Lipinski definition) is 7. The average molecular weight is 575 g/mol. The molecule has 2 aliphatic rings. The molecule has 2 aliphatic heterocycles. The molecule has 2 unspecified atom stereocenters. The van der Waals surface area contributed by atoms with Crippen LogP contribution in [-0.4, -0.2) is 41.3 Å². The molecule has 3 atom stereocenters. The van der Waals surface area contributed by atoms with E-state index in [2.05, 4.69) is 5.32 Å². The van der Waals surface area contributed by atoms with Crippen LogP contribution in [0.2, 0.25) is 0 Å². The summed E-state index contributed by atoms with van der Waals surface area (Å²) in [7, 11) is 0. The van der Waals surface area contributed by atoms with Crippen molar-refractivity contribution in [1.82, 2.24) is 0 Å². The number of benzene rings is 3. The van der Waals surface area contributed by atoms with E-state index in [4.69, 9.17) is 9.47 Å². The molecule has 3 aromatic rings. The highest BCUT2D eigenvalue weighted by molar-refractivity contribution is 5.98. The minimum Gasteiger partial charge on any atom is -0.493 e. The van der Waals surface area contributed by atoms with E-state index in [0.717, 1.165) is 18.2 Å². The number of anilines is 3. The smallest absolute Gasteiger partial charge is 0.471 e. The summed E-state index contributed by atoms with van der Waals surface area (Å²) in [5, 5.41) is 23.5. The van der Waals surface area contributed by atoms with Crippen LogP contribution in [0.25, 0.3) is 0 Å². The van der Waals surface area contributed by atoms with Crippen molar-refractivity contribution in [2.45, 2.75) is 25.1 Å². The molecule has 0 fully saturated rings. The second-order valence-electron chi connectivity index (χ2n) is 9.53. The number of para-hydroxylation sites is 1. The van der Waals surface area contributed by atoms with E-state index in [1.807, 2.05) is 0 Å². The lowest BCUT2D eigenvalue weighted by Gasteiger charge is -2.29. The summed E-state index contributed by atoms with van der Waals surface area (Å²) in [5.41, 5.74) is -0.0309. The standard InChI is InChI=1S/C27H21F4N3O7/c1-13(25(35)36)18-11-40-23-10-15(6-7-16(18)23)33(26(37)27(29,30)31)22-12-41-24-17(22)3-2-4-19(24)32-20-9-14(28)5-8-21(20)34(38)39/h2-10,13,18,22,32H,11-12H2,1H3,(H,35,36)/t13?,18-,22?/m0/s1. The highest BCUT2D eigenvalue weighted by Crippen LogP contribution is 2.47. The molecule has 3 aromatic carbocycles. The first kappa shape index (κ1) is 27.7. The summed E-state index contributed by atoms with van der Waals surface area (Å²) in [6, 6.07) is 9.83. The van der Waals surface area contributed by atoms with Crippen LogP contribution in [0.1, 0.15) is 30.0 Å². The largest absolute Gasteiger partial charge is 0.493 e. The Morgan fingerprint density at radius 1 is 1.07 bits per heavy atom. The van der Waals surface area contributed by atoms with Crippen LogP contribution < -0.4 is 19.7 Å². The number of nitro benzene ring substituents is 1. The number of fused-ring (bicyclic) bond motifs is 2. The molecular weight excluding hydrogens is 554 g/mol. The summed E-state index contributed by atoms with van der Waals surface area (Å²) in [6.45, 7) is 1.11. The van der Waals surface area contributed by atoms with E-state index in [1.165, 1.54) is 43.3 Å². The normalized spacial score (nSPS) is 18.0. The average Bonchev–Trinajstić information content (AvgIpc) is 3.53. The molecule has 0 aliphatic carbocycles. The van der Waals surface area contributed by atoms with Crippen molar-refractivity contribution >= 4 is 34.6 Å². The fourth-order valence-corrected chi connectivity index (χ4v) is 4.99. The van der Waals surface area contributed by atoms with Gasteiger partial charge in [-0.3, -0.25) is 24.6 Å². The molecule has 0 bridgehead atoms. The summed E-state index contributed by atoms with van der Waals surface area (Å²) < 4.78 is 66.6. The summed E-state index contributed by atoms with van der Waals surface area (Å²) >= 11 is 0. The molecule has 214 valence electrons. The quantitative estimate of drug-likeness (QED) is 0.208. The van der Waals surface area contributed by atoms with Gasteiger partial charge in [0.15, 0.2) is 0 Å². The summed E-state index contributed by atoms with van der Waals surface area (Å²) in [6.07, 6.45) is -5.26. The fraction of sp³-hybridized carbons (Fsp3) is 0.259. The predicted octanol–water partition coefficient (Wildman–Crippen LogP) is 5.70. The molecule has 5 rings (SSSR count). The van der Waals surface area contributed by atoms with Gasteiger partial charge in [-0.05, 0) is 18.2 Å². The number of carboxylic acids is 1. The Hall–Kier alpha value is -4.88. The van der Waals surface area contributed by atoms with E-state index in [9.17, 15) is 42.4 Å². The number of carbonyl (C=O) groups excluding carboxylic acids is 1. The van der Waals surface area contributed by atoms with Crippen LogP contribution in [0.3, 0.4) is 0 Å². The number of nitrogens with zero attached hydrogens (tertiary/aromatic N) is 2. The molecular formula is C27H21F4N3O7. The van der Waals surface area contributed by atoms with E-state index >= 15 is 0 Å². The molecule has 0 saturated carbocycles. The molecule has 0 radical (unpaired) electrons. The van der Waals surface area contributed by atoms with E-state index < -0.39 is 59.0 Å². The van der Waals surface area contributed by atoms with Gasteiger partial charge in [-0.1, -0.05) is 25.1 Å². The van der Waals surface area contributed by atoms with E-state index in [1.54, 1.807) is 0 Å². The molecule has 10 nitrogen and oxygen atoms in total. The number of carbonyl (C=O) groups is 2. The molecule has 14 heteroatoms. The molecule has 41 heavy (non-hydrogen) atoms.